The summed E-state index contributed by atoms with van der Waals surface area (Å²) in [4.78, 5) is 22.3. The summed E-state index contributed by atoms with van der Waals surface area (Å²) in [5, 5.41) is 16.4. The standard InChI is InChI=1S/C13H19N3O3S/c1-14-11-6-5-10(9-12(11)16(18)19)13(17)15-7-3-4-8-20-2/h5-6,9,14H,3-4,7-8H2,1-2H3,(H,15,17). The van der Waals surface area contributed by atoms with Crippen molar-refractivity contribution in [1.82, 2.24) is 5.32 Å². The molecular weight excluding hydrogens is 278 g/mol. The van der Waals surface area contributed by atoms with Crippen LogP contribution >= 0.6 is 11.8 Å². The molecule has 0 radical (unpaired) electrons. The number of rotatable bonds is 8. The first kappa shape index (κ1) is 16.3. The fraction of sp³-hybridized carbons (Fsp3) is 0.462. The number of amides is 1. The van der Waals surface area contributed by atoms with E-state index in [1.807, 2.05) is 6.26 Å². The van der Waals surface area contributed by atoms with Gasteiger partial charge in [0.05, 0.1) is 4.92 Å². The maximum atomic E-state index is 11.9. The van der Waals surface area contributed by atoms with Crippen molar-refractivity contribution in [2.45, 2.75) is 12.8 Å². The monoisotopic (exact) mass is 297 g/mol. The van der Waals surface area contributed by atoms with Crippen molar-refractivity contribution < 1.29 is 9.72 Å². The second-order valence-corrected chi connectivity index (χ2v) is 5.18. The number of nitrogens with zero attached hydrogens (tertiary/aromatic N) is 1. The molecule has 0 saturated carbocycles. The molecular formula is C13H19N3O3S. The van der Waals surface area contributed by atoms with Gasteiger partial charge in [-0.25, -0.2) is 0 Å². The summed E-state index contributed by atoms with van der Waals surface area (Å²) < 4.78 is 0. The van der Waals surface area contributed by atoms with Gasteiger partial charge in [0.15, 0.2) is 0 Å². The molecule has 0 bridgehead atoms. The lowest BCUT2D eigenvalue weighted by Crippen LogP contribution is -2.24. The van der Waals surface area contributed by atoms with Crippen molar-refractivity contribution in [1.29, 1.82) is 0 Å². The fourth-order valence-electron chi connectivity index (χ4n) is 1.71. The average molecular weight is 297 g/mol. The molecule has 1 aromatic rings. The summed E-state index contributed by atoms with van der Waals surface area (Å²) in [6.45, 7) is 0.584. The highest BCUT2D eigenvalue weighted by Gasteiger charge is 2.16. The lowest BCUT2D eigenvalue weighted by molar-refractivity contribution is -0.384. The van der Waals surface area contributed by atoms with Crippen molar-refractivity contribution in [3.8, 4) is 0 Å². The minimum atomic E-state index is -0.499. The highest BCUT2D eigenvalue weighted by atomic mass is 32.2. The maximum absolute atomic E-state index is 11.9. The molecule has 6 nitrogen and oxygen atoms in total. The minimum Gasteiger partial charge on any atom is -0.383 e. The van der Waals surface area contributed by atoms with E-state index in [1.54, 1.807) is 30.9 Å². The molecule has 20 heavy (non-hydrogen) atoms. The van der Waals surface area contributed by atoms with Crippen LogP contribution in [0.25, 0.3) is 0 Å². The topological polar surface area (TPSA) is 84.3 Å². The van der Waals surface area contributed by atoms with Crippen LogP contribution in [0.1, 0.15) is 23.2 Å². The Labute approximate surface area is 122 Å². The smallest absolute Gasteiger partial charge is 0.293 e. The maximum Gasteiger partial charge on any atom is 0.293 e. The predicted molar refractivity (Wildman–Crippen MR) is 82.6 cm³/mol. The molecule has 110 valence electrons. The molecule has 0 heterocycles. The predicted octanol–water partition coefficient (Wildman–Crippen LogP) is 2.51. The van der Waals surface area contributed by atoms with Crippen molar-refractivity contribution >= 4 is 29.0 Å². The van der Waals surface area contributed by atoms with E-state index in [0.29, 0.717) is 17.8 Å². The number of thioether (sulfide) groups is 1. The van der Waals surface area contributed by atoms with Crippen LogP contribution in [0.3, 0.4) is 0 Å². The zero-order valence-corrected chi connectivity index (χ0v) is 12.5. The number of anilines is 1. The van der Waals surface area contributed by atoms with Crippen LogP contribution in [0.2, 0.25) is 0 Å². The Morgan fingerprint density at radius 1 is 1.40 bits per heavy atom. The quantitative estimate of drug-likeness (QED) is 0.437. The number of benzene rings is 1. The van der Waals surface area contributed by atoms with Crippen LogP contribution in [-0.2, 0) is 0 Å². The Bertz CT molecular complexity index is 480. The second-order valence-electron chi connectivity index (χ2n) is 4.19. The Morgan fingerprint density at radius 2 is 2.15 bits per heavy atom. The van der Waals surface area contributed by atoms with E-state index in [9.17, 15) is 14.9 Å². The third kappa shape index (κ3) is 4.73. The molecule has 0 atom stereocenters. The number of hydrogen-bond acceptors (Lipinski definition) is 5. The van der Waals surface area contributed by atoms with E-state index >= 15 is 0 Å². The Hall–Kier alpha value is -1.76. The molecule has 0 fully saturated rings. The number of nitrogens with one attached hydrogen (secondary N) is 2. The Morgan fingerprint density at radius 3 is 2.75 bits per heavy atom. The van der Waals surface area contributed by atoms with Gasteiger partial charge in [-0.05, 0) is 37.0 Å². The van der Waals surface area contributed by atoms with Gasteiger partial charge < -0.3 is 10.6 Å². The summed E-state index contributed by atoms with van der Waals surface area (Å²) in [6.07, 6.45) is 3.99. The summed E-state index contributed by atoms with van der Waals surface area (Å²) >= 11 is 1.77. The normalized spacial score (nSPS) is 10.1. The lowest BCUT2D eigenvalue weighted by atomic mass is 10.1. The molecule has 1 amide bonds. The van der Waals surface area contributed by atoms with Gasteiger partial charge in [0, 0.05) is 25.2 Å². The number of hydrogen-bond donors (Lipinski definition) is 2. The van der Waals surface area contributed by atoms with E-state index in [4.69, 9.17) is 0 Å². The molecule has 7 heteroatoms. The highest BCUT2D eigenvalue weighted by Crippen LogP contribution is 2.24. The van der Waals surface area contributed by atoms with E-state index in [0.717, 1.165) is 18.6 Å². The molecule has 0 aliphatic heterocycles. The van der Waals surface area contributed by atoms with Gasteiger partial charge in [0.1, 0.15) is 5.69 Å². The molecule has 0 aromatic heterocycles. The van der Waals surface area contributed by atoms with E-state index in [1.165, 1.54) is 6.07 Å². The molecule has 0 unspecified atom stereocenters. The van der Waals surface area contributed by atoms with Crippen LogP contribution < -0.4 is 10.6 Å². The summed E-state index contributed by atoms with van der Waals surface area (Å²) in [5.41, 5.74) is 0.606. The van der Waals surface area contributed by atoms with Gasteiger partial charge in [-0.15, -0.1) is 0 Å². The molecule has 1 aromatic carbocycles. The van der Waals surface area contributed by atoms with Gasteiger partial charge in [-0.2, -0.15) is 11.8 Å². The van der Waals surface area contributed by atoms with Gasteiger partial charge in [0.25, 0.3) is 11.6 Å². The van der Waals surface area contributed by atoms with Gasteiger partial charge >= 0.3 is 0 Å². The first-order chi connectivity index (χ1) is 9.60. The number of carbonyl (C=O) groups excluding carboxylic acids is 1. The van der Waals surface area contributed by atoms with Crippen LogP contribution in [-0.4, -0.2) is 36.4 Å². The van der Waals surface area contributed by atoms with Crippen molar-refractivity contribution in [2.24, 2.45) is 0 Å². The number of unbranched alkanes of at least 4 members (excludes halogenated alkanes) is 1. The number of nitro benzene ring substituents is 1. The highest BCUT2D eigenvalue weighted by molar-refractivity contribution is 7.98. The number of nitro groups is 1. The lowest BCUT2D eigenvalue weighted by Gasteiger charge is -2.07. The SMILES string of the molecule is CNc1ccc(C(=O)NCCCCSC)cc1[N+](=O)[O-]. The van der Waals surface area contributed by atoms with Crippen LogP contribution in [0.5, 0.6) is 0 Å². The van der Waals surface area contributed by atoms with E-state index in [-0.39, 0.29) is 11.6 Å². The molecule has 0 saturated heterocycles. The van der Waals surface area contributed by atoms with Gasteiger partial charge in [-0.3, -0.25) is 14.9 Å². The average Bonchev–Trinajstić information content (AvgIpc) is 2.46. The van der Waals surface area contributed by atoms with Crippen LogP contribution in [0.4, 0.5) is 11.4 Å². The molecule has 0 aliphatic carbocycles. The largest absolute Gasteiger partial charge is 0.383 e. The summed E-state index contributed by atoms with van der Waals surface area (Å²) in [7, 11) is 1.60. The van der Waals surface area contributed by atoms with Crippen molar-refractivity contribution in [2.75, 3.05) is 30.9 Å². The third-order valence-electron chi connectivity index (χ3n) is 2.79. The van der Waals surface area contributed by atoms with E-state index in [2.05, 4.69) is 10.6 Å². The summed E-state index contributed by atoms with van der Waals surface area (Å²) in [5.74, 6) is 0.790. The zero-order chi connectivity index (χ0) is 15.0. The van der Waals surface area contributed by atoms with Crippen LogP contribution in [0.15, 0.2) is 18.2 Å². The second kappa shape index (κ2) is 8.42. The van der Waals surface area contributed by atoms with Crippen LogP contribution in [0, 0.1) is 10.1 Å². The van der Waals surface area contributed by atoms with Gasteiger partial charge in [0.2, 0.25) is 0 Å². The van der Waals surface area contributed by atoms with Gasteiger partial charge in [-0.1, -0.05) is 0 Å². The molecule has 2 N–H and O–H groups in total. The third-order valence-corrected chi connectivity index (χ3v) is 3.48. The zero-order valence-electron chi connectivity index (χ0n) is 11.6. The summed E-state index contributed by atoms with van der Waals surface area (Å²) in [6, 6.07) is 4.42. The first-order valence-electron chi connectivity index (χ1n) is 6.33. The first-order valence-corrected chi connectivity index (χ1v) is 7.73. The fourth-order valence-corrected chi connectivity index (χ4v) is 2.20. The minimum absolute atomic E-state index is 0.0949. The van der Waals surface area contributed by atoms with Crippen molar-refractivity contribution in [3.63, 3.8) is 0 Å². The van der Waals surface area contributed by atoms with Crippen molar-refractivity contribution in [3.05, 3.63) is 33.9 Å². The van der Waals surface area contributed by atoms with E-state index < -0.39 is 4.92 Å². The molecule has 1 rings (SSSR count). The molecule has 0 aliphatic rings. The Balaban J connectivity index is 2.64. The Kier molecular flexibility index (Phi) is 6.86. The number of carbonyl (C=O) groups is 1. The molecule has 0 spiro atoms.